The van der Waals surface area contributed by atoms with Gasteiger partial charge in [0.2, 0.25) is 0 Å². The first-order valence-corrected chi connectivity index (χ1v) is 4.77. The van der Waals surface area contributed by atoms with E-state index in [0.717, 1.165) is 5.69 Å². The van der Waals surface area contributed by atoms with Gasteiger partial charge >= 0.3 is 0 Å². The molecule has 0 radical (unpaired) electrons. The lowest BCUT2D eigenvalue weighted by Crippen LogP contribution is -2.02. The third-order valence-corrected chi connectivity index (χ3v) is 2.18. The first kappa shape index (κ1) is 9.73. The predicted octanol–water partition coefficient (Wildman–Crippen LogP) is 1.51. The van der Waals surface area contributed by atoms with Gasteiger partial charge in [-0.2, -0.15) is 5.10 Å². The largest absolute Gasteiger partial charge is 0.387 e. The molecule has 0 aliphatic heterocycles. The van der Waals surface area contributed by atoms with Crippen LogP contribution in [-0.2, 0) is 0 Å². The molecule has 3 N–H and O–H groups in total. The summed E-state index contributed by atoms with van der Waals surface area (Å²) >= 11 is 0. The molecule has 78 valence electrons. The Balaban J connectivity index is 2.45. The third-order valence-electron chi connectivity index (χ3n) is 2.18. The van der Waals surface area contributed by atoms with Crippen molar-refractivity contribution in [3.8, 4) is 5.69 Å². The Morgan fingerprint density at radius 1 is 1.33 bits per heavy atom. The normalized spacial score (nSPS) is 12.7. The van der Waals surface area contributed by atoms with Crippen molar-refractivity contribution >= 4 is 5.82 Å². The van der Waals surface area contributed by atoms with E-state index in [9.17, 15) is 5.11 Å². The molecule has 0 spiro atoms. The van der Waals surface area contributed by atoms with Crippen molar-refractivity contribution in [2.75, 3.05) is 5.73 Å². The maximum absolute atomic E-state index is 9.38. The topological polar surface area (TPSA) is 64.1 Å². The quantitative estimate of drug-likeness (QED) is 0.777. The molecule has 4 heteroatoms. The van der Waals surface area contributed by atoms with Crippen molar-refractivity contribution in [1.82, 2.24) is 9.78 Å². The number of nitrogens with zero attached hydrogens (tertiary/aromatic N) is 2. The van der Waals surface area contributed by atoms with Gasteiger partial charge in [-0.25, -0.2) is 4.68 Å². The summed E-state index contributed by atoms with van der Waals surface area (Å²) in [5.74, 6) is 0.525. The third kappa shape index (κ3) is 1.85. The predicted molar refractivity (Wildman–Crippen MR) is 58.6 cm³/mol. The van der Waals surface area contributed by atoms with Crippen LogP contribution in [0.2, 0.25) is 0 Å². The number of rotatable bonds is 2. The highest BCUT2D eigenvalue weighted by molar-refractivity contribution is 5.42. The summed E-state index contributed by atoms with van der Waals surface area (Å²) in [6.07, 6.45) is -0.600. The fourth-order valence-electron chi connectivity index (χ4n) is 1.39. The fourth-order valence-corrected chi connectivity index (χ4v) is 1.39. The summed E-state index contributed by atoms with van der Waals surface area (Å²) in [5, 5.41) is 13.6. The number of nitrogens with two attached hydrogens (primary N) is 1. The van der Waals surface area contributed by atoms with Gasteiger partial charge in [0.05, 0.1) is 17.5 Å². The molecular formula is C11H13N3O. The van der Waals surface area contributed by atoms with Crippen LogP contribution >= 0.6 is 0 Å². The second-order valence-corrected chi connectivity index (χ2v) is 3.42. The van der Waals surface area contributed by atoms with Gasteiger partial charge in [-0.05, 0) is 19.1 Å². The van der Waals surface area contributed by atoms with E-state index in [-0.39, 0.29) is 0 Å². The number of aliphatic hydroxyl groups is 1. The number of nitrogen functional groups attached to an aromatic ring is 1. The molecule has 2 aromatic rings. The Hall–Kier alpha value is -1.81. The first-order chi connectivity index (χ1) is 7.18. The molecule has 0 aliphatic rings. The van der Waals surface area contributed by atoms with Crippen molar-refractivity contribution in [1.29, 1.82) is 0 Å². The molecule has 15 heavy (non-hydrogen) atoms. The fraction of sp³-hybridized carbons (Fsp3) is 0.182. The van der Waals surface area contributed by atoms with Crippen LogP contribution in [0.15, 0.2) is 36.4 Å². The zero-order valence-electron chi connectivity index (χ0n) is 8.46. The highest BCUT2D eigenvalue weighted by Gasteiger charge is 2.09. The van der Waals surface area contributed by atoms with Gasteiger partial charge in [0.15, 0.2) is 0 Å². The van der Waals surface area contributed by atoms with Crippen LogP contribution in [0.5, 0.6) is 0 Å². The highest BCUT2D eigenvalue weighted by Crippen LogP contribution is 2.18. The van der Waals surface area contributed by atoms with E-state index in [2.05, 4.69) is 5.10 Å². The standard InChI is InChI=1S/C11H13N3O/c1-8(15)10-7-11(12)14(13-10)9-5-3-2-4-6-9/h2-8,15H,12H2,1H3. The lowest BCUT2D eigenvalue weighted by atomic mass is 10.3. The summed E-state index contributed by atoms with van der Waals surface area (Å²) in [6.45, 7) is 1.66. The Kier molecular flexibility index (Phi) is 2.43. The van der Waals surface area contributed by atoms with Crippen molar-refractivity contribution < 1.29 is 5.11 Å². The summed E-state index contributed by atoms with van der Waals surface area (Å²) in [6, 6.07) is 11.3. The molecule has 1 aromatic heterocycles. The summed E-state index contributed by atoms with van der Waals surface area (Å²) < 4.78 is 1.61. The Bertz CT molecular complexity index is 448. The van der Waals surface area contributed by atoms with E-state index in [1.165, 1.54) is 0 Å². The average molecular weight is 203 g/mol. The van der Waals surface area contributed by atoms with E-state index in [1.54, 1.807) is 17.7 Å². The molecule has 1 atom stereocenters. The number of anilines is 1. The van der Waals surface area contributed by atoms with Gasteiger partial charge in [0.1, 0.15) is 5.82 Å². The molecule has 0 amide bonds. The van der Waals surface area contributed by atoms with Crippen molar-refractivity contribution in [2.24, 2.45) is 0 Å². The molecule has 0 saturated heterocycles. The van der Waals surface area contributed by atoms with Gasteiger partial charge in [0, 0.05) is 6.07 Å². The molecule has 0 saturated carbocycles. The van der Waals surface area contributed by atoms with Crippen LogP contribution in [0.4, 0.5) is 5.82 Å². The highest BCUT2D eigenvalue weighted by atomic mass is 16.3. The maximum atomic E-state index is 9.38. The molecule has 1 heterocycles. The molecule has 0 fully saturated rings. The molecule has 4 nitrogen and oxygen atoms in total. The molecular weight excluding hydrogens is 190 g/mol. The number of hydrogen-bond donors (Lipinski definition) is 2. The van der Waals surface area contributed by atoms with Crippen LogP contribution in [0.3, 0.4) is 0 Å². The SMILES string of the molecule is CC(O)c1cc(N)n(-c2ccccc2)n1. The lowest BCUT2D eigenvalue weighted by molar-refractivity contribution is 0.193. The molecule has 0 aliphatic carbocycles. The van der Waals surface area contributed by atoms with Gasteiger partial charge in [0.25, 0.3) is 0 Å². The van der Waals surface area contributed by atoms with Crippen LogP contribution in [0, 0.1) is 0 Å². The minimum atomic E-state index is -0.600. The summed E-state index contributed by atoms with van der Waals surface area (Å²) in [4.78, 5) is 0. The van der Waals surface area contributed by atoms with Gasteiger partial charge in [-0.3, -0.25) is 0 Å². The number of para-hydroxylation sites is 1. The van der Waals surface area contributed by atoms with Gasteiger partial charge < -0.3 is 10.8 Å². The minimum Gasteiger partial charge on any atom is -0.387 e. The van der Waals surface area contributed by atoms with E-state index >= 15 is 0 Å². The number of hydrogen-bond acceptors (Lipinski definition) is 3. The zero-order valence-corrected chi connectivity index (χ0v) is 8.46. The molecule has 0 bridgehead atoms. The molecule has 2 rings (SSSR count). The van der Waals surface area contributed by atoms with Gasteiger partial charge in [-0.1, -0.05) is 18.2 Å². The Labute approximate surface area is 88.0 Å². The zero-order chi connectivity index (χ0) is 10.8. The van der Waals surface area contributed by atoms with E-state index in [1.807, 2.05) is 30.3 Å². The summed E-state index contributed by atoms with van der Waals surface area (Å²) in [7, 11) is 0. The van der Waals surface area contributed by atoms with Crippen LogP contribution in [0.1, 0.15) is 18.7 Å². The minimum absolute atomic E-state index is 0.525. The van der Waals surface area contributed by atoms with Gasteiger partial charge in [-0.15, -0.1) is 0 Å². The Morgan fingerprint density at radius 3 is 2.53 bits per heavy atom. The van der Waals surface area contributed by atoms with E-state index in [0.29, 0.717) is 11.5 Å². The van der Waals surface area contributed by atoms with Crippen molar-refractivity contribution in [3.05, 3.63) is 42.1 Å². The lowest BCUT2D eigenvalue weighted by Gasteiger charge is -2.02. The van der Waals surface area contributed by atoms with Crippen LogP contribution in [0.25, 0.3) is 5.69 Å². The van der Waals surface area contributed by atoms with Crippen molar-refractivity contribution in [2.45, 2.75) is 13.0 Å². The smallest absolute Gasteiger partial charge is 0.127 e. The first-order valence-electron chi connectivity index (χ1n) is 4.77. The van der Waals surface area contributed by atoms with Crippen molar-refractivity contribution in [3.63, 3.8) is 0 Å². The summed E-state index contributed by atoms with van der Waals surface area (Å²) in [5.41, 5.74) is 7.27. The number of aliphatic hydroxyl groups excluding tert-OH is 1. The second kappa shape index (κ2) is 3.74. The molecule has 1 unspecified atom stereocenters. The Morgan fingerprint density at radius 2 is 2.00 bits per heavy atom. The number of aromatic nitrogens is 2. The maximum Gasteiger partial charge on any atom is 0.127 e. The van der Waals surface area contributed by atoms with E-state index in [4.69, 9.17) is 5.73 Å². The molecule has 1 aromatic carbocycles. The number of benzene rings is 1. The average Bonchev–Trinajstić information content (AvgIpc) is 2.62. The monoisotopic (exact) mass is 203 g/mol. The van der Waals surface area contributed by atoms with Crippen LogP contribution < -0.4 is 5.73 Å². The second-order valence-electron chi connectivity index (χ2n) is 3.42. The van der Waals surface area contributed by atoms with Crippen LogP contribution in [-0.4, -0.2) is 14.9 Å². The van der Waals surface area contributed by atoms with E-state index < -0.39 is 6.10 Å².